The molecule has 2 bridgehead atoms. The predicted octanol–water partition coefficient (Wildman–Crippen LogP) is 0.435. The third kappa shape index (κ3) is 3.46. The van der Waals surface area contributed by atoms with E-state index in [1.165, 1.54) is 0 Å². The molecule has 0 aliphatic carbocycles. The monoisotopic (exact) mass is 269 g/mol. The highest BCUT2D eigenvalue weighted by Crippen LogP contribution is 2.27. The van der Waals surface area contributed by atoms with Crippen LogP contribution in [-0.2, 0) is 9.53 Å². The predicted molar refractivity (Wildman–Crippen MR) is 74.9 cm³/mol. The average molecular weight is 269 g/mol. The normalized spacial score (nSPS) is 28.4. The van der Waals surface area contributed by atoms with Gasteiger partial charge in [-0.2, -0.15) is 0 Å². The lowest BCUT2D eigenvalue weighted by Gasteiger charge is -2.37. The Morgan fingerprint density at radius 1 is 1.32 bits per heavy atom. The van der Waals surface area contributed by atoms with Crippen LogP contribution in [0.5, 0.6) is 0 Å². The van der Waals surface area contributed by atoms with E-state index in [4.69, 9.17) is 10.5 Å². The molecule has 2 N–H and O–H groups in total. The van der Waals surface area contributed by atoms with E-state index in [1.807, 2.05) is 18.7 Å². The third-order valence-corrected chi connectivity index (χ3v) is 4.39. The first-order chi connectivity index (χ1) is 9.17. The van der Waals surface area contributed by atoms with Gasteiger partial charge in [-0.1, -0.05) is 0 Å². The van der Waals surface area contributed by atoms with Gasteiger partial charge in [-0.15, -0.1) is 0 Å². The van der Waals surface area contributed by atoms with Crippen molar-refractivity contribution >= 4 is 5.91 Å². The molecule has 2 heterocycles. The molecule has 0 radical (unpaired) electrons. The molecule has 0 aromatic heterocycles. The first kappa shape index (κ1) is 14.8. The van der Waals surface area contributed by atoms with Crippen molar-refractivity contribution in [3.8, 4) is 0 Å². The van der Waals surface area contributed by atoms with E-state index < -0.39 is 0 Å². The number of hydrogen-bond acceptors (Lipinski definition) is 4. The second-order valence-corrected chi connectivity index (χ2v) is 5.57. The average Bonchev–Trinajstić information content (AvgIpc) is 2.76. The molecule has 0 spiro atoms. The smallest absolute Gasteiger partial charge is 0.224 e. The fourth-order valence-corrected chi connectivity index (χ4v) is 3.21. The van der Waals surface area contributed by atoms with Crippen LogP contribution in [0.25, 0.3) is 0 Å². The SMILES string of the molecule is CCN(CC)C(=O)CC(CN)N1CC2CCC(C1)O2. The van der Waals surface area contributed by atoms with Gasteiger partial charge in [0.2, 0.25) is 5.91 Å². The molecule has 1 amide bonds. The minimum absolute atomic E-state index is 0.167. The van der Waals surface area contributed by atoms with E-state index in [0.29, 0.717) is 25.2 Å². The van der Waals surface area contributed by atoms with Gasteiger partial charge in [-0.3, -0.25) is 9.69 Å². The van der Waals surface area contributed by atoms with Crippen LogP contribution >= 0.6 is 0 Å². The maximum Gasteiger partial charge on any atom is 0.224 e. The molecule has 5 nitrogen and oxygen atoms in total. The summed E-state index contributed by atoms with van der Waals surface area (Å²) in [5.41, 5.74) is 5.89. The molecular weight excluding hydrogens is 242 g/mol. The van der Waals surface area contributed by atoms with Crippen LogP contribution in [0.15, 0.2) is 0 Å². The standard InChI is InChI=1S/C14H27N3O2/c1-3-16(4-2)14(18)7-11(8-15)17-9-12-5-6-13(10-17)19-12/h11-13H,3-10,15H2,1-2H3. The van der Waals surface area contributed by atoms with Crippen molar-refractivity contribution < 1.29 is 9.53 Å². The van der Waals surface area contributed by atoms with Crippen LogP contribution in [0.2, 0.25) is 0 Å². The van der Waals surface area contributed by atoms with Gasteiger partial charge < -0.3 is 15.4 Å². The summed E-state index contributed by atoms with van der Waals surface area (Å²) in [6.07, 6.45) is 3.57. The van der Waals surface area contributed by atoms with Gasteiger partial charge in [0, 0.05) is 45.2 Å². The van der Waals surface area contributed by atoms with Gasteiger partial charge >= 0.3 is 0 Å². The van der Waals surface area contributed by atoms with Crippen molar-refractivity contribution in [1.82, 2.24) is 9.80 Å². The summed E-state index contributed by atoms with van der Waals surface area (Å²) in [7, 11) is 0. The molecule has 110 valence electrons. The van der Waals surface area contributed by atoms with Crippen LogP contribution in [0.3, 0.4) is 0 Å². The molecule has 0 aromatic rings. The summed E-state index contributed by atoms with van der Waals surface area (Å²) in [6, 6.07) is 0.167. The van der Waals surface area contributed by atoms with E-state index in [1.54, 1.807) is 0 Å². The number of amides is 1. The third-order valence-electron chi connectivity index (χ3n) is 4.39. The Bertz CT molecular complexity index is 295. The number of likely N-dealkylation sites (tertiary alicyclic amines) is 1. The van der Waals surface area contributed by atoms with Gasteiger partial charge in [0.05, 0.1) is 12.2 Å². The summed E-state index contributed by atoms with van der Waals surface area (Å²) in [5.74, 6) is 0.222. The van der Waals surface area contributed by atoms with E-state index >= 15 is 0 Å². The van der Waals surface area contributed by atoms with Crippen molar-refractivity contribution in [1.29, 1.82) is 0 Å². The lowest BCUT2D eigenvalue weighted by atomic mass is 10.1. The van der Waals surface area contributed by atoms with Crippen LogP contribution in [0.4, 0.5) is 0 Å². The second kappa shape index (κ2) is 6.68. The highest BCUT2D eigenvalue weighted by molar-refractivity contribution is 5.76. The van der Waals surface area contributed by atoms with E-state index in [2.05, 4.69) is 4.90 Å². The molecule has 0 saturated carbocycles. The van der Waals surface area contributed by atoms with Crippen molar-refractivity contribution in [3.63, 3.8) is 0 Å². The molecule has 3 atom stereocenters. The Hall–Kier alpha value is -0.650. The zero-order chi connectivity index (χ0) is 13.8. The fraction of sp³-hybridized carbons (Fsp3) is 0.929. The van der Waals surface area contributed by atoms with E-state index in [-0.39, 0.29) is 11.9 Å². The largest absolute Gasteiger partial charge is 0.372 e. The second-order valence-electron chi connectivity index (χ2n) is 5.57. The maximum absolute atomic E-state index is 12.2. The van der Waals surface area contributed by atoms with Crippen molar-refractivity contribution in [2.45, 2.75) is 51.4 Å². The zero-order valence-electron chi connectivity index (χ0n) is 12.2. The van der Waals surface area contributed by atoms with Gasteiger partial charge in [0.15, 0.2) is 0 Å². The Morgan fingerprint density at radius 3 is 2.37 bits per heavy atom. The molecule has 5 heteroatoms. The molecular formula is C14H27N3O2. The van der Waals surface area contributed by atoms with Crippen molar-refractivity contribution in [3.05, 3.63) is 0 Å². The minimum atomic E-state index is 0.167. The molecule has 2 aliphatic rings. The molecule has 19 heavy (non-hydrogen) atoms. The lowest BCUT2D eigenvalue weighted by Crippen LogP contribution is -2.52. The van der Waals surface area contributed by atoms with Gasteiger partial charge in [0.1, 0.15) is 0 Å². The summed E-state index contributed by atoms with van der Waals surface area (Å²) >= 11 is 0. The number of ether oxygens (including phenoxy) is 1. The summed E-state index contributed by atoms with van der Waals surface area (Å²) < 4.78 is 5.84. The maximum atomic E-state index is 12.2. The number of carbonyl (C=O) groups is 1. The van der Waals surface area contributed by atoms with Crippen molar-refractivity contribution in [2.24, 2.45) is 5.73 Å². The van der Waals surface area contributed by atoms with E-state index in [0.717, 1.165) is 39.0 Å². The Kier molecular flexibility index (Phi) is 5.19. The topological polar surface area (TPSA) is 58.8 Å². The van der Waals surface area contributed by atoms with Crippen molar-refractivity contribution in [2.75, 3.05) is 32.7 Å². The number of nitrogens with two attached hydrogens (primary N) is 1. The number of rotatable bonds is 6. The Balaban J connectivity index is 1.91. The van der Waals surface area contributed by atoms with E-state index in [9.17, 15) is 4.79 Å². The fourth-order valence-electron chi connectivity index (χ4n) is 3.21. The summed E-state index contributed by atoms with van der Waals surface area (Å²) in [6.45, 7) is 8.02. The summed E-state index contributed by atoms with van der Waals surface area (Å²) in [4.78, 5) is 16.5. The number of fused-ring (bicyclic) bond motifs is 2. The first-order valence-electron chi connectivity index (χ1n) is 7.55. The van der Waals surface area contributed by atoms with Crippen LogP contribution in [-0.4, -0.2) is 66.7 Å². The Morgan fingerprint density at radius 2 is 1.89 bits per heavy atom. The highest BCUT2D eigenvalue weighted by atomic mass is 16.5. The molecule has 2 saturated heterocycles. The Labute approximate surface area is 116 Å². The van der Waals surface area contributed by atoms with Gasteiger partial charge in [-0.25, -0.2) is 0 Å². The van der Waals surface area contributed by atoms with Crippen LogP contribution < -0.4 is 5.73 Å². The quantitative estimate of drug-likeness (QED) is 0.760. The molecule has 2 aliphatic heterocycles. The van der Waals surface area contributed by atoms with Crippen LogP contribution in [0, 0.1) is 0 Å². The summed E-state index contributed by atoms with van der Waals surface area (Å²) in [5, 5.41) is 0. The first-order valence-corrected chi connectivity index (χ1v) is 7.55. The molecule has 2 fully saturated rings. The molecule has 2 rings (SSSR count). The minimum Gasteiger partial charge on any atom is -0.372 e. The van der Waals surface area contributed by atoms with Crippen LogP contribution in [0.1, 0.15) is 33.1 Å². The number of carbonyl (C=O) groups excluding carboxylic acids is 1. The molecule has 3 unspecified atom stereocenters. The van der Waals surface area contributed by atoms with Gasteiger partial charge in [-0.05, 0) is 26.7 Å². The molecule has 0 aromatic carbocycles. The lowest BCUT2D eigenvalue weighted by molar-refractivity contribution is -0.133. The number of morpholine rings is 1. The zero-order valence-corrected chi connectivity index (χ0v) is 12.2. The number of hydrogen-bond donors (Lipinski definition) is 1. The van der Waals surface area contributed by atoms with Gasteiger partial charge in [0.25, 0.3) is 0 Å². The highest BCUT2D eigenvalue weighted by Gasteiger charge is 2.36. The number of nitrogens with zero attached hydrogens (tertiary/aromatic N) is 2.